The van der Waals surface area contributed by atoms with Crippen LogP contribution in [-0.4, -0.2) is 52.6 Å². The zero-order valence-corrected chi connectivity index (χ0v) is 22.5. The van der Waals surface area contributed by atoms with Gasteiger partial charge in [-0.25, -0.2) is 9.59 Å². The lowest BCUT2D eigenvalue weighted by Crippen LogP contribution is -2.53. The Morgan fingerprint density at radius 2 is 1.68 bits per heavy atom. The van der Waals surface area contributed by atoms with Crippen LogP contribution in [0.15, 0.2) is 60.8 Å². The van der Waals surface area contributed by atoms with Gasteiger partial charge < -0.3 is 25.1 Å². The average Bonchev–Trinajstić information content (AvgIpc) is 3.27. The topological polar surface area (TPSA) is 110 Å². The summed E-state index contributed by atoms with van der Waals surface area (Å²) in [6, 6.07) is 15.3. The molecule has 0 saturated heterocycles. The Morgan fingerprint density at radius 3 is 2.38 bits per heavy atom. The predicted octanol–water partition coefficient (Wildman–Crippen LogP) is 4.59. The number of H-pyrrole nitrogens is 1. The van der Waals surface area contributed by atoms with Crippen LogP contribution in [0.4, 0.5) is 4.79 Å². The summed E-state index contributed by atoms with van der Waals surface area (Å²) in [7, 11) is 0. The van der Waals surface area contributed by atoms with Crippen molar-refractivity contribution < 1.29 is 23.9 Å². The van der Waals surface area contributed by atoms with E-state index < -0.39 is 35.7 Å². The summed E-state index contributed by atoms with van der Waals surface area (Å²) in [6.45, 7) is 5.37. The predicted molar refractivity (Wildman–Crippen MR) is 146 cm³/mol. The highest BCUT2D eigenvalue weighted by Crippen LogP contribution is 2.20. The van der Waals surface area contributed by atoms with E-state index in [2.05, 4.69) is 15.6 Å². The highest BCUT2D eigenvalue weighted by molar-refractivity contribution is 7.98. The summed E-state index contributed by atoms with van der Waals surface area (Å²) >= 11 is 1.57. The molecule has 0 aliphatic rings. The lowest BCUT2D eigenvalue weighted by atomic mass is 10.0. The van der Waals surface area contributed by atoms with Gasteiger partial charge in [-0.1, -0.05) is 48.5 Å². The molecule has 0 unspecified atom stereocenters. The summed E-state index contributed by atoms with van der Waals surface area (Å²) in [5, 5.41) is 6.45. The minimum atomic E-state index is -0.965. The quantitative estimate of drug-likeness (QED) is 0.316. The molecule has 2 atom stereocenters. The van der Waals surface area contributed by atoms with E-state index in [-0.39, 0.29) is 13.0 Å². The van der Waals surface area contributed by atoms with Gasteiger partial charge in [-0.3, -0.25) is 4.79 Å². The Labute approximate surface area is 221 Å². The van der Waals surface area contributed by atoms with Crippen molar-refractivity contribution in [3.05, 3.63) is 71.9 Å². The zero-order valence-electron chi connectivity index (χ0n) is 21.7. The van der Waals surface area contributed by atoms with Crippen LogP contribution >= 0.6 is 11.8 Å². The number of nitrogens with one attached hydrogen (secondary N) is 3. The fourth-order valence-electron chi connectivity index (χ4n) is 3.77. The average molecular weight is 526 g/mol. The van der Waals surface area contributed by atoms with Crippen LogP contribution in [0.3, 0.4) is 0 Å². The van der Waals surface area contributed by atoms with Crippen LogP contribution < -0.4 is 10.6 Å². The molecule has 0 radical (unpaired) electrons. The van der Waals surface area contributed by atoms with Crippen molar-refractivity contribution in [2.45, 2.75) is 57.9 Å². The minimum Gasteiger partial charge on any atom is -0.459 e. The van der Waals surface area contributed by atoms with E-state index in [0.29, 0.717) is 12.2 Å². The Bertz CT molecular complexity index is 1190. The van der Waals surface area contributed by atoms with Gasteiger partial charge in [0.25, 0.3) is 0 Å². The molecule has 2 aromatic carbocycles. The molecule has 3 N–H and O–H groups in total. The number of alkyl carbamates (subject to hydrolysis) is 1. The van der Waals surface area contributed by atoms with E-state index in [0.717, 1.165) is 22.0 Å². The number of hydrogen-bond donors (Lipinski definition) is 3. The molecular weight excluding hydrogens is 490 g/mol. The van der Waals surface area contributed by atoms with Crippen molar-refractivity contribution in [2.75, 3.05) is 12.0 Å². The smallest absolute Gasteiger partial charge is 0.408 e. The molecule has 0 aliphatic carbocycles. The second-order valence-electron chi connectivity index (χ2n) is 9.70. The summed E-state index contributed by atoms with van der Waals surface area (Å²) in [4.78, 5) is 42.2. The Hall–Kier alpha value is -3.46. The van der Waals surface area contributed by atoms with Gasteiger partial charge in [0.15, 0.2) is 0 Å². The van der Waals surface area contributed by atoms with Crippen molar-refractivity contribution in [1.82, 2.24) is 15.6 Å². The van der Waals surface area contributed by atoms with Crippen molar-refractivity contribution in [1.29, 1.82) is 0 Å². The molecule has 0 spiro atoms. The molecule has 8 nitrogen and oxygen atoms in total. The molecule has 0 saturated carbocycles. The third-order valence-corrected chi connectivity index (χ3v) is 6.19. The number of esters is 1. The maximum absolute atomic E-state index is 13.5. The maximum Gasteiger partial charge on any atom is 0.408 e. The number of para-hydroxylation sites is 1. The van der Waals surface area contributed by atoms with Gasteiger partial charge in [-0.2, -0.15) is 11.8 Å². The second kappa shape index (κ2) is 13.2. The minimum absolute atomic E-state index is 0.111. The number of ether oxygens (including phenoxy) is 2. The number of fused-ring (bicyclic) bond motifs is 1. The first-order valence-corrected chi connectivity index (χ1v) is 13.6. The number of amides is 2. The van der Waals surface area contributed by atoms with Crippen molar-refractivity contribution in [3.63, 3.8) is 0 Å². The van der Waals surface area contributed by atoms with Crippen molar-refractivity contribution in [3.8, 4) is 0 Å². The fraction of sp³-hybridized carbons (Fsp3) is 0.393. The molecule has 0 fully saturated rings. The monoisotopic (exact) mass is 525 g/mol. The van der Waals surface area contributed by atoms with Crippen LogP contribution in [0, 0.1) is 0 Å². The van der Waals surface area contributed by atoms with Crippen molar-refractivity contribution >= 4 is 40.6 Å². The van der Waals surface area contributed by atoms with E-state index in [1.807, 2.05) is 67.0 Å². The van der Waals surface area contributed by atoms with Gasteiger partial charge in [0.2, 0.25) is 5.91 Å². The zero-order chi connectivity index (χ0) is 26.8. The number of aromatic amines is 1. The van der Waals surface area contributed by atoms with Crippen LogP contribution in [0.2, 0.25) is 0 Å². The molecular formula is C28H35N3O5S. The van der Waals surface area contributed by atoms with Gasteiger partial charge in [-0.05, 0) is 56.4 Å². The Kier molecular flexibility index (Phi) is 10.0. The summed E-state index contributed by atoms with van der Waals surface area (Å²) in [5.41, 5.74) is 1.92. The molecule has 1 heterocycles. The van der Waals surface area contributed by atoms with Crippen LogP contribution in [0.1, 0.15) is 38.3 Å². The number of benzene rings is 2. The highest BCUT2D eigenvalue weighted by Gasteiger charge is 2.30. The first kappa shape index (κ1) is 28.1. The first-order valence-electron chi connectivity index (χ1n) is 12.2. The van der Waals surface area contributed by atoms with Crippen molar-refractivity contribution in [2.24, 2.45) is 0 Å². The van der Waals surface area contributed by atoms with Crippen LogP contribution in [-0.2, 0) is 32.1 Å². The molecule has 0 bridgehead atoms. The molecule has 0 aliphatic heterocycles. The normalized spacial score (nSPS) is 13.0. The first-order chi connectivity index (χ1) is 17.7. The fourth-order valence-corrected chi connectivity index (χ4v) is 4.24. The molecule has 37 heavy (non-hydrogen) atoms. The molecule has 198 valence electrons. The van der Waals surface area contributed by atoms with Gasteiger partial charge in [0.05, 0.1) is 0 Å². The van der Waals surface area contributed by atoms with Gasteiger partial charge in [0.1, 0.15) is 24.3 Å². The summed E-state index contributed by atoms with van der Waals surface area (Å²) in [5.74, 6) is -0.355. The SMILES string of the molecule is CSCC[C@H](NC(=O)[C@H](Cc1c[nH]c2ccccc12)NC(=O)OC(C)(C)C)C(=O)OCc1ccccc1. The van der Waals surface area contributed by atoms with E-state index >= 15 is 0 Å². The number of carbonyl (C=O) groups is 3. The molecule has 3 rings (SSSR count). The Balaban J connectivity index is 1.76. The summed E-state index contributed by atoms with van der Waals surface area (Å²) < 4.78 is 10.9. The molecule has 1 aromatic heterocycles. The molecule has 3 aromatic rings. The van der Waals surface area contributed by atoms with E-state index in [9.17, 15) is 14.4 Å². The standard InChI is InChI=1S/C28H35N3O5S/c1-28(2,3)36-27(34)31-24(16-20-17-29-22-13-9-8-12-21(20)22)25(32)30-23(14-15-37-4)26(33)35-18-19-10-6-5-7-11-19/h5-13,17,23-24,29H,14-16,18H2,1-4H3,(H,30,32)(H,31,34)/t23-,24-/m0/s1. The van der Waals surface area contributed by atoms with E-state index in [1.54, 1.807) is 32.5 Å². The third-order valence-electron chi connectivity index (χ3n) is 5.54. The number of rotatable bonds is 11. The van der Waals surface area contributed by atoms with Gasteiger partial charge in [-0.15, -0.1) is 0 Å². The largest absolute Gasteiger partial charge is 0.459 e. The molecule has 9 heteroatoms. The molecule has 2 amide bonds. The van der Waals surface area contributed by atoms with Gasteiger partial charge in [0, 0.05) is 23.5 Å². The lowest BCUT2D eigenvalue weighted by molar-refractivity contribution is -0.149. The number of aromatic nitrogens is 1. The number of hydrogen-bond acceptors (Lipinski definition) is 6. The summed E-state index contributed by atoms with van der Waals surface area (Å²) in [6.07, 6.45) is 3.65. The van der Waals surface area contributed by atoms with E-state index in [1.165, 1.54) is 0 Å². The van der Waals surface area contributed by atoms with Crippen LogP contribution in [0.25, 0.3) is 10.9 Å². The van der Waals surface area contributed by atoms with E-state index in [4.69, 9.17) is 9.47 Å². The number of carbonyl (C=O) groups excluding carboxylic acids is 3. The van der Waals surface area contributed by atoms with Gasteiger partial charge >= 0.3 is 12.1 Å². The number of thioether (sulfide) groups is 1. The highest BCUT2D eigenvalue weighted by atomic mass is 32.2. The lowest BCUT2D eigenvalue weighted by Gasteiger charge is -2.25. The van der Waals surface area contributed by atoms with Crippen LogP contribution in [0.5, 0.6) is 0 Å². The third kappa shape index (κ3) is 8.86. The maximum atomic E-state index is 13.5. The Morgan fingerprint density at radius 1 is 0.973 bits per heavy atom. The second-order valence-corrected chi connectivity index (χ2v) is 10.7.